The van der Waals surface area contributed by atoms with Gasteiger partial charge < -0.3 is 5.32 Å². The lowest BCUT2D eigenvalue weighted by Crippen LogP contribution is -2.19. The van der Waals surface area contributed by atoms with Crippen LogP contribution in [0.5, 0.6) is 0 Å². The van der Waals surface area contributed by atoms with Crippen molar-refractivity contribution in [3.63, 3.8) is 0 Å². The Hall–Kier alpha value is -3.34. The van der Waals surface area contributed by atoms with Crippen LogP contribution in [-0.2, 0) is 24.1 Å². The highest BCUT2D eigenvalue weighted by molar-refractivity contribution is 5.93. The van der Waals surface area contributed by atoms with E-state index in [2.05, 4.69) is 5.32 Å². The number of allylic oxidation sites excluding steroid dienone is 1. The van der Waals surface area contributed by atoms with Gasteiger partial charge in [-0.25, -0.2) is 14.4 Å². The maximum atomic E-state index is 13.6. The molecule has 0 aliphatic heterocycles. The molecule has 0 saturated heterocycles. The van der Waals surface area contributed by atoms with Crippen LogP contribution < -0.4 is 5.32 Å². The van der Waals surface area contributed by atoms with Crippen LogP contribution in [0.2, 0.25) is 0 Å². The maximum Gasteiger partial charge on any atom is 0.230 e. The molecule has 1 amide bonds. The summed E-state index contributed by atoms with van der Waals surface area (Å²) in [5.74, 6) is 0.0992. The van der Waals surface area contributed by atoms with E-state index in [-0.39, 0.29) is 18.1 Å². The Morgan fingerprint density at radius 2 is 1.78 bits per heavy atom. The molecular formula is C27H30FN3O. The summed E-state index contributed by atoms with van der Waals surface area (Å²) in [6.07, 6.45) is 3.55. The van der Waals surface area contributed by atoms with Crippen LogP contribution in [0.3, 0.4) is 0 Å². The number of carbonyl (C=O) groups is 1. The van der Waals surface area contributed by atoms with Crippen molar-refractivity contribution in [1.29, 1.82) is 0 Å². The molecule has 5 heteroatoms. The highest BCUT2D eigenvalue weighted by atomic mass is 19.1. The van der Waals surface area contributed by atoms with Crippen LogP contribution in [0.25, 0.3) is 17.3 Å². The molecule has 0 spiro atoms. The van der Waals surface area contributed by atoms with Gasteiger partial charge in [-0.3, -0.25) is 4.79 Å². The number of halogens is 1. The van der Waals surface area contributed by atoms with Gasteiger partial charge in [0.1, 0.15) is 11.5 Å². The molecule has 1 heterocycles. The third-order valence-corrected chi connectivity index (χ3v) is 5.12. The SMILES string of the molecule is CC.CC(C)=Cc1nc2c(nc1NC(=O)Cc1ccc(C)cc1)CCc1cc(F)ccc1-2. The van der Waals surface area contributed by atoms with Crippen LogP contribution >= 0.6 is 0 Å². The zero-order chi connectivity index (χ0) is 23.3. The van der Waals surface area contributed by atoms with Crippen LogP contribution in [0.1, 0.15) is 55.8 Å². The topological polar surface area (TPSA) is 54.9 Å². The number of nitrogens with one attached hydrogen (secondary N) is 1. The molecule has 0 saturated carbocycles. The van der Waals surface area contributed by atoms with Crippen LogP contribution in [-0.4, -0.2) is 15.9 Å². The van der Waals surface area contributed by atoms with Gasteiger partial charge in [-0.05, 0) is 69.0 Å². The average Bonchev–Trinajstić information content (AvgIpc) is 2.76. The van der Waals surface area contributed by atoms with Crippen LogP contribution in [0.4, 0.5) is 10.2 Å². The second kappa shape index (κ2) is 10.3. The van der Waals surface area contributed by atoms with Crippen molar-refractivity contribution in [3.8, 4) is 11.3 Å². The van der Waals surface area contributed by atoms with Crippen molar-refractivity contribution in [1.82, 2.24) is 9.97 Å². The number of rotatable bonds is 4. The summed E-state index contributed by atoms with van der Waals surface area (Å²) in [5, 5.41) is 2.95. The molecule has 166 valence electrons. The zero-order valence-corrected chi connectivity index (χ0v) is 19.4. The number of nitrogens with zero attached hydrogens (tertiary/aromatic N) is 2. The van der Waals surface area contributed by atoms with Gasteiger partial charge in [0.15, 0.2) is 5.82 Å². The number of hydrogen-bond acceptors (Lipinski definition) is 3. The molecule has 4 nitrogen and oxygen atoms in total. The fourth-order valence-electron chi connectivity index (χ4n) is 3.66. The first-order valence-corrected chi connectivity index (χ1v) is 11.1. The summed E-state index contributed by atoms with van der Waals surface area (Å²) in [5.41, 5.74) is 7.21. The first-order valence-electron chi connectivity index (χ1n) is 11.1. The molecule has 1 aliphatic rings. The molecule has 0 atom stereocenters. The fourth-order valence-corrected chi connectivity index (χ4v) is 3.66. The largest absolute Gasteiger partial charge is 0.309 e. The van der Waals surface area contributed by atoms with Crippen molar-refractivity contribution >= 4 is 17.8 Å². The monoisotopic (exact) mass is 431 g/mol. The molecule has 0 radical (unpaired) electrons. The average molecular weight is 432 g/mol. The summed E-state index contributed by atoms with van der Waals surface area (Å²) in [7, 11) is 0. The fraction of sp³-hybridized carbons (Fsp3) is 0.296. The van der Waals surface area contributed by atoms with E-state index in [9.17, 15) is 9.18 Å². The van der Waals surface area contributed by atoms with Crippen molar-refractivity contribution in [2.75, 3.05) is 5.32 Å². The highest BCUT2D eigenvalue weighted by Crippen LogP contribution is 2.33. The summed E-state index contributed by atoms with van der Waals surface area (Å²) in [4.78, 5) is 22.2. The number of carbonyl (C=O) groups excluding carboxylic acids is 1. The lowest BCUT2D eigenvalue weighted by molar-refractivity contribution is -0.115. The van der Waals surface area contributed by atoms with Gasteiger partial charge >= 0.3 is 0 Å². The minimum absolute atomic E-state index is 0.130. The van der Waals surface area contributed by atoms with E-state index in [0.717, 1.165) is 39.2 Å². The number of amides is 1. The van der Waals surface area contributed by atoms with E-state index < -0.39 is 0 Å². The summed E-state index contributed by atoms with van der Waals surface area (Å²) >= 11 is 0. The van der Waals surface area contributed by atoms with Gasteiger partial charge in [-0.1, -0.05) is 49.2 Å². The molecule has 0 bridgehead atoms. The maximum absolute atomic E-state index is 13.6. The predicted octanol–water partition coefficient (Wildman–Crippen LogP) is 6.32. The minimum Gasteiger partial charge on any atom is -0.309 e. The number of fused-ring (bicyclic) bond motifs is 3. The van der Waals surface area contributed by atoms with Gasteiger partial charge in [0, 0.05) is 5.56 Å². The molecule has 32 heavy (non-hydrogen) atoms. The Kier molecular flexibility index (Phi) is 7.52. The summed E-state index contributed by atoms with van der Waals surface area (Å²) in [6.45, 7) is 9.97. The summed E-state index contributed by atoms with van der Waals surface area (Å²) < 4.78 is 13.6. The molecule has 0 fully saturated rings. The van der Waals surface area contributed by atoms with Crippen LogP contribution in [0, 0.1) is 12.7 Å². The molecule has 0 unspecified atom stereocenters. The third kappa shape index (κ3) is 5.47. The van der Waals surface area contributed by atoms with Gasteiger partial charge in [0.2, 0.25) is 5.91 Å². The molecule has 3 aromatic rings. The third-order valence-electron chi connectivity index (χ3n) is 5.12. The lowest BCUT2D eigenvalue weighted by Gasteiger charge is -2.20. The van der Waals surface area contributed by atoms with Crippen molar-refractivity contribution in [2.24, 2.45) is 0 Å². The van der Waals surface area contributed by atoms with Crippen LogP contribution in [0.15, 0.2) is 48.0 Å². The van der Waals surface area contributed by atoms with Crippen molar-refractivity contribution < 1.29 is 9.18 Å². The number of benzene rings is 2. The van der Waals surface area contributed by atoms with E-state index in [1.807, 2.05) is 65.0 Å². The second-order valence-corrected chi connectivity index (χ2v) is 7.99. The molecule has 1 aliphatic carbocycles. The minimum atomic E-state index is -0.241. The smallest absolute Gasteiger partial charge is 0.230 e. The second-order valence-electron chi connectivity index (χ2n) is 7.99. The summed E-state index contributed by atoms with van der Waals surface area (Å²) in [6, 6.07) is 12.7. The standard InChI is InChI=1S/C25H24FN3O.C2H6/c1-15(2)12-22-25(29-23(30)13-17-6-4-16(3)5-7-17)28-21-11-8-18-14-19(26)9-10-20(18)24(21)27-22;1-2/h4-7,9-10,12,14H,8,11,13H2,1-3H3,(H,28,29,30);1-2H3. The predicted molar refractivity (Wildman–Crippen MR) is 129 cm³/mol. The van der Waals surface area contributed by atoms with Gasteiger partial charge in [-0.15, -0.1) is 0 Å². The Bertz CT molecular complexity index is 1150. The first kappa shape index (κ1) is 23.3. The Balaban J connectivity index is 0.00000141. The normalized spacial score (nSPS) is 11.4. The highest BCUT2D eigenvalue weighted by Gasteiger charge is 2.22. The van der Waals surface area contributed by atoms with E-state index in [0.29, 0.717) is 24.4 Å². The van der Waals surface area contributed by atoms with Crippen molar-refractivity contribution in [3.05, 3.63) is 81.9 Å². The Morgan fingerprint density at radius 1 is 1.06 bits per heavy atom. The lowest BCUT2D eigenvalue weighted by atomic mass is 9.91. The molecule has 1 N–H and O–H groups in total. The molecule has 1 aromatic heterocycles. The number of aromatic nitrogens is 2. The van der Waals surface area contributed by atoms with E-state index in [1.165, 1.54) is 6.07 Å². The van der Waals surface area contributed by atoms with E-state index in [4.69, 9.17) is 9.97 Å². The number of anilines is 1. The number of hydrogen-bond donors (Lipinski definition) is 1. The molecule has 4 rings (SSSR count). The molecule has 2 aromatic carbocycles. The van der Waals surface area contributed by atoms with E-state index in [1.54, 1.807) is 12.1 Å². The number of aryl methyl sites for hydroxylation is 3. The van der Waals surface area contributed by atoms with Gasteiger partial charge in [0.05, 0.1) is 17.8 Å². The molecular weight excluding hydrogens is 401 g/mol. The van der Waals surface area contributed by atoms with E-state index >= 15 is 0 Å². The van der Waals surface area contributed by atoms with Gasteiger partial charge in [0.25, 0.3) is 0 Å². The quantitative estimate of drug-likeness (QED) is 0.526. The van der Waals surface area contributed by atoms with Gasteiger partial charge in [-0.2, -0.15) is 0 Å². The Morgan fingerprint density at radius 3 is 2.47 bits per heavy atom. The first-order chi connectivity index (χ1) is 15.4. The van der Waals surface area contributed by atoms with Crippen molar-refractivity contribution in [2.45, 2.75) is 53.9 Å². The zero-order valence-electron chi connectivity index (χ0n) is 19.4. The Labute approximate surface area is 189 Å².